The lowest BCUT2D eigenvalue weighted by molar-refractivity contribution is 0.0412. The first-order valence-electron chi connectivity index (χ1n) is 6.22. The number of hydrogen-bond donors (Lipinski definition) is 0. The molecule has 2 nitrogen and oxygen atoms in total. The molecular formula is C16H14Cl2O2. The van der Waals surface area contributed by atoms with Crippen LogP contribution < -0.4 is 0 Å². The summed E-state index contributed by atoms with van der Waals surface area (Å²) in [5.74, 6) is -0.0820. The maximum Gasteiger partial charge on any atom is 0.191 e. The summed E-state index contributed by atoms with van der Waals surface area (Å²) in [6, 6.07) is 14.2. The summed E-state index contributed by atoms with van der Waals surface area (Å²) in [4.78, 5) is 12.2. The summed E-state index contributed by atoms with van der Waals surface area (Å²) in [5, 5.41) is 1.22. The van der Waals surface area contributed by atoms with Crippen LogP contribution in [0.1, 0.15) is 22.8 Å². The van der Waals surface area contributed by atoms with Crippen LogP contribution in [0.3, 0.4) is 0 Å². The van der Waals surface area contributed by atoms with Crippen molar-refractivity contribution in [1.29, 1.82) is 0 Å². The van der Waals surface area contributed by atoms with Gasteiger partial charge in [0, 0.05) is 15.6 Å². The van der Waals surface area contributed by atoms with Gasteiger partial charge in [-0.15, -0.1) is 0 Å². The number of rotatable bonds is 5. The second-order valence-corrected chi connectivity index (χ2v) is 5.33. The summed E-state index contributed by atoms with van der Waals surface area (Å²) in [5.41, 5.74) is 1.53. The first-order valence-corrected chi connectivity index (χ1v) is 6.97. The highest BCUT2D eigenvalue weighted by Crippen LogP contribution is 2.15. The van der Waals surface area contributed by atoms with E-state index >= 15 is 0 Å². The third-order valence-electron chi connectivity index (χ3n) is 2.89. The molecule has 0 fully saturated rings. The number of ether oxygens (including phenoxy) is 1. The van der Waals surface area contributed by atoms with Gasteiger partial charge in [-0.25, -0.2) is 0 Å². The minimum atomic E-state index is -0.524. The van der Waals surface area contributed by atoms with Gasteiger partial charge in [0.05, 0.1) is 6.61 Å². The van der Waals surface area contributed by atoms with Crippen molar-refractivity contribution in [2.24, 2.45) is 0 Å². The van der Waals surface area contributed by atoms with Gasteiger partial charge in [-0.2, -0.15) is 0 Å². The van der Waals surface area contributed by atoms with Gasteiger partial charge in [0.15, 0.2) is 5.78 Å². The molecule has 20 heavy (non-hydrogen) atoms. The zero-order chi connectivity index (χ0) is 14.5. The normalized spacial score (nSPS) is 12.2. The Balaban J connectivity index is 1.96. The van der Waals surface area contributed by atoms with Crippen LogP contribution in [-0.4, -0.2) is 11.9 Å². The van der Waals surface area contributed by atoms with Gasteiger partial charge in [-0.1, -0.05) is 47.5 Å². The quantitative estimate of drug-likeness (QED) is 0.743. The average Bonchev–Trinajstić information content (AvgIpc) is 2.45. The first-order chi connectivity index (χ1) is 9.56. The van der Waals surface area contributed by atoms with Crippen molar-refractivity contribution in [3.05, 3.63) is 69.7 Å². The molecular weight excluding hydrogens is 295 g/mol. The van der Waals surface area contributed by atoms with E-state index in [9.17, 15) is 4.79 Å². The molecule has 0 saturated heterocycles. The molecule has 0 amide bonds. The lowest BCUT2D eigenvalue weighted by atomic mass is 10.1. The van der Waals surface area contributed by atoms with E-state index in [-0.39, 0.29) is 5.78 Å². The zero-order valence-corrected chi connectivity index (χ0v) is 12.5. The summed E-state index contributed by atoms with van der Waals surface area (Å²) < 4.78 is 5.59. The van der Waals surface area contributed by atoms with E-state index in [1.165, 1.54) is 0 Å². The standard InChI is InChI=1S/C16H14Cl2O2/c1-11(16(19)13-3-2-4-15(18)9-13)20-10-12-5-7-14(17)8-6-12/h2-9,11H,10H2,1H3. The minimum absolute atomic E-state index is 0.0820. The fourth-order valence-corrected chi connectivity index (χ4v) is 2.07. The molecule has 2 rings (SSSR count). The van der Waals surface area contributed by atoms with E-state index in [0.29, 0.717) is 22.2 Å². The van der Waals surface area contributed by atoms with E-state index in [0.717, 1.165) is 5.56 Å². The molecule has 0 heterocycles. The Labute approximate surface area is 128 Å². The molecule has 1 unspecified atom stereocenters. The predicted octanol–water partition coefficient (Wildman–Crippen LogP) is 4.78. The van der Waals surface area contributed by atoms with Crippen molar-refractivity contribution in [2.45, 2.75) is 19.6 Å². The molecule has 2 aromatic carbocycles. The smallest absolute Gasteiger partial charge is 0.191 e. The molecule has 0 aliphatic carbocycles. The Morgan fingerprint density at radius 2 is 1.80 bits per heavy atom. The molecule has 0 N–H and O–H groups in total. The fraction of sp³-hybridized carbons (Fsp3) is 0.188. The molecule has 0 bridgehead atoms. The largest absolute Gasteiger partial charge is 0.366 e. The second kappa shape index (κ2) is 6.89. The van der Waals surface area contributed by atoms with Crippen molar-refractivity contribution in [3.63, 3.8) is 0 Å². The van der Waals surface area contributed by atoms with E-state index in [2.05, 4.69) is 0 Å². The Bertz CT molecular complexity index is 594. The number of benzene rings is 2. The second-order valence-electron chi connectivity index (χ2n) is 4.45. The fourth-order valence-electron chi connectivity index (χ4n) is 1.75. The number of carbonyl (C=O) groups is 1. The molecule has 1 atom stereocenters. The zero-order valence-electron chi connectivity index (χ0n) is 11.0. The monoisotopic (exact) mass is 308 g/mol. The third-order valence-corrected chi connectivity index (χ3v) is 3.38. The minimum Gasteiger partial charge on any atom is -0.366 e. The van der Waals surface area contributed by atoms with Crippen molar-refractivity contribution in [1.82, 2.24) is 0 Å². The van der Waals surface area contributed by atoms with Crippen molar-refractivity contribution in [2.75, 3.05) is 0 Å². The van der Waals surface area contributed by atoms with Crippen LogP contribution in [-0.2, 0) is 11.3 Å². The number of carbonyl (C=O) groups excluding carboxylic acids is 1. The Morgan fingerprint density at radius 3 is 2.45 bits per heavy atom. The molecule has 0 aromatic heterocycles. The molecule has 4 heteroatoms. The third kappa shape index (κ3) is 4.07. The molecule has 0 spiro atoms. The van der Waals surface area contributed by atoms with Crippen molar-refractivity contribution >= 4 is 29.0 Å². The molecule has 104 valence electrons. The summed E-state index contributed by atoms with van der Waals surface area (Å²) in [6.07, 6.45) is -0.524. The summed E-state index contributed by atoms with van der Waals surface area (Å²) in [6.45, 7) is 2.10. The molecule has 0 saturated carbocycles. The summed E-state index contributed by atoms with van der Waals surface area (Å²) in [7, 11) is 0. The Kier molecular flexibility index (Phi) is 5.18. The van der Waals surface area contributed by atoms with Crippen molar-refractivity contribution < 1.29 is 9.53 Å². The van der Waals surface area contributed by atoms with Crippen LogP contribution in [0, 0.1) is 0 Å². The van der Waals surface area contributed by atoms with Gasteiger partial charge in [-0.3, -0.25) is 4.79 Å². The van der Waals surface area contributed by atoms with Crippen LogP contribution in [0.2, 0.25) is 10.0 Å². The van der Waals surface area contributed by atoms with Crippen LogP contribution in [0.15, 0.2) is 48.5 Å². The van der Waals surface area contributed by atoms with Gasteiger partial charge in [0.25, 0.3) is 0 Å². The van der Waals surface area contributed by atoms with Gasteiger partial charge in [-0.05, 0) is 36.8 Å². The number of Topliss-reactive ketones (excluding diaryl/α,β-unsaturated/α-hetero) is 1. The van der Waals surface area contributed by atoms with Crippen LogP contribution in [0.4, 0.5) is 0 Å². The molecule has 0 radical (unpaired) electrons. The van der Waals surface area contributed by atoms with E-state index in [1.807, 2.05) is 12.1 Å². The van der Waals surface area contributed by atoms with Crippen LogP contribution in [0.25, 0.3) is 0 Å². The van der Waals surface area contributed by atoms with Crippen LogP contribution >= 0.6 is 23.2 Å². The predicted molar refractivity (Wildman–Crippen MR) is 81.5 cm³/mol. The highest BCUT2D eigenvalue weighted by Gasteiger charge is 2.16. The van der Waals surface area contributed by atoms with Gasteiger partial charge < -0.3 is 4.74 Å². The average molecular weight is 309 g/mol. The SMILES string of the molecule is CC(OCc1ccc(Cl)cc1)C(=O)c1cccc(Cl)c1. The highest BCUT2D eigenvalue weighted by molar-refractivity contribution is 6.31. The van der Waals surface area contributed by atoms with Gasteiger partial charge >= 0.3 is 0 Å². The maximum atomic E-state index is 12.2. The molecule has 0 aliphatic rings. The highest BCUT2D eigenvalue weighted by atomic mass is 35.5. The number of halogens is 2. The summed E-state index contributed by atoms with van der Waals surface area (Å²) >= 11 is 11.7. The molecule has 2 aromatic rings. The van der Waals surface area contributed by atoms with E-state index in [4.69, 9.17) is 27.9 Å². The topological polar surface area (TPSA) is 26.3 Å². The first kappa shape index (κ1) is 15.0. The maximum absolute atomic E-state index is 12.2. The van der Waals surface area contributed by atoms with Crippen LogP contribution in [0.5, 0.6) is 0 Å². The number of ketones is 1. The number of hydrogen-bond acceptors (Lipinski definition) is 2. The van der Waals surface area contributed by atoms with Crippen molar-refractivity contribution in [3.8, 4) is 0 Å². The lowest BCUT2D eigenvalue weighted by Gasteiger charge is -2.12. The van der Waals surface area contributed by atoms with E-state index < -0.39 is 6.10 Å². The van der Waals surface area contributed by atoms with Gasteiger partial charge in [0.2, 0.25) is 0 Å². The Hall–Kier alpha value is -1.35. The molecule has 0 aliphatic heterocycles. The Morgan fingerprint density at radius 1 is 1.10 bits per heavy atom. The lowest BCUT2D eigenvalue weighted by Crippen LogP contribution is -2.20. The van der Waals surface area contributed by atoms with Gasteiger partial charge in [0.1, 0.15) is 6.10 Å². The van der Waals surface area contributed by atoms with E-state index in [1.54, 1.807) is 43.3 Å².